The zero-order valence-corrected chi connectivity index (χ0v) is 24.7. The van der Waals surface area contributed by atoms with Crippen molar-refractivity contribution >= 4 is 14.4 Å². The first-order valence-corrected chi connectivity index (χ1v) is 16.4. The number of Topliss-reactive ketones (excluding diaryl/α,β-unsaturated/α-hetero) is 1. The van der Waals surface area contributed by atoms with E-state index in [0.717, 1.165) is 19.6 Å². The maximum absolute atomic E-state index is 11.6. The van der Waals surface area contributed by atoms with Gasteiger partial charge in [0.1, 0.15) is 18.9 Å². The second-order valence-corrected chi connectivity index (χ2v) is 11.9. The van der Waals surface area contributed by atoms with Crippen molar-refractivity contribution < 1.29 is 28.4 Å². The van der Waals surface area contributed by atoms with E-state index >= 15 is 0 Å². The van der Waals surface area contributed by atoms with Crippen LogP contribution in [0.25, 0.3) is 0 Å². The van der Waals surface area contributed by atoms with Gasteiger partial charge < -0.3 is 28.4 Å². The first kappa shape index (κ1) is 33.9. The van der Waals surface area contributed by atoms with Gasteiger partial charge in [-0.25, -0.2) is 0 Å². The Balaban J connectivity index is 1.91. The Bertz CT molecular complexity index is 490. The van der Waals surface area contributed by atoms with Gasteiger partial charge in [0.25, 0.3) is 0 Å². The third-order valence-electron chi connectivity index (χ3n) is 7.21. The summed E-state index contributed by atoms with van der Waals surface area (Å²) in [5.41, 5.74) is 0. The highest BCUT2D eigenvalue weighted by Crippen LogP contribution is 2.33. The number of hydrogen-bond donors (Lipinski definition) is 2. The molecule has 0 amide bonds. The summed E-state index contributed by atoms with van der Waals surface area (Å²) in [7, 11) is -1.88. The lowest BCUT2D eigenvalue weighted by molar-refractivity contribution is -0.887. The van der Waals surface area contributed by atoms with E-state index in [9.17, 15) is 9.69 Å². The Morgan fingerprint density at radius 3 is 1.83 bits per heavy atom. The molecule has 0 aromatic carbocycles. The topological polar surface area (TPSA) is 69.4 Å². The molecule has 2 N–H and O–H groups in total. The standard InChI is InChI=1S/C29H58NO5P/c1-3-4-5-6-7-8-9-10-11-12-13-14-15-16-19-23-33-26-29(25-28(2)31)27-35-36(32)34-24-22-30-20-17-18-21-30/h29,32H,3-27H2,1-2H3/p+1. The second-order valence-electron chi connectivity index (χ2n) is 10.9. The molecule has 0 aromatic rings. The molecule has 214 valence electrons. The number of nitrogens with one attached hydrogen (secondary N) is 1. The van der Waals surface area contributed by atoms with Gasteiger partial charge in [0.15, 0.2) is 0 Å². The Labute approximate surface area is 224 Å². The second kappa shape index (κ2) is 25.2. The number of likely N-dealkylation sites (tertiary alicyclic amines) is 1. The highest BCUT2D eigenvalue weighted by molar-refractivity contribution is 7.40. The van der Waals surface area contributed by atoms with Gasteiger partial charge in [-0.3, -0.25) is 0 Å². The normalized spacial score (nSPS) is 16.0. The van der Waals surface area contributed by atoms with Gasteiger partial charge in [0.05, 0.1) is 26.3 Å². The zero-order chi connectivity index (χ0) is 26.1. The lowest BCUT2D eigenvalue weighted by Crippen LogP contribution is -3.10. The maximum Gasteiger partial charge on any atom is 0.330 e. The van der Waals surface area contributed by atoms with Crippen molar-refractivity contribution in [3.05, 3.63) is 0 Å². The van der Waals surface area contributed by atoms with E-state index in [1.807, 2.05) is 0 Å². The molecule has 6 nitrogen and oxygen atoms in total. The summed E-state index contributed by atoms with van der Waals surface area (Å²) in [5, 5.41) is 0. The molecule has 0 saturated carbocycles. The summed E-state index contributed by atoms with van der Waals surface area (Å²) in [6.45, 7) is 9.25. The van der Waals surface area contributed by atoms with E-state index in [1.54, 1.807) is 11.8 Å². The fraction of sp³-hybridized carbons (Fsp3) is 0.966. The van der Waals surface area contributed by atoms with Crippen molar-refractivity contribution in [2.45, 2.75) is 129 Å². The molecule has 36 heavy (non-hydrogen) atoms. The number of quaternary nitrogens is 1. The molecule has 1 saturated heterocycles. The molecular weight excluding hydrogens is 473 g/mol. The lowest BCUT2D eigenvalue weighted by atomic mass is 10.0. The van der Waals surface area contributed by atoms with E-state index in [2.05, 4.69) is 6.92 Å². The SMILES string of the molecule is CCCCCCCCCCCCCCCCCOCC(COP(O)OCC[NH+]1CCCC1)CC(C)=O. The van der Waals surface area contributed by atoms with Gasteiger partial charge in [-0.15, -0.1) is 0 Å². The predicted molar refractivity (Wildman–Crippen MR) is 150 cm³/mol. The third-order valence-corrected chi connectivity index (χ3v) is 7.98. The maximum atomic E-state index is 11.6. The quantitative estimate of drug-likeness (QED) is 0.0946. The molecule has 0 bridgehead atoms. The van der Waals surface area contributed by atoms with E-state index in [0.29, 0.717) is 26.2 Å². The van der Waals surface area contributed by atoms with Crippen LogP contribution in [0.2, 0.25) is 0 Å². The Morgan fingerprint density at radius 2 is 1.31 bits per heavy atom. The summed E-state index contributed by atoms with van der Waals surface area (Å²) in [6.07, 6.45) is 23.3. The molecule has 1 heterocycles. The fourth-order valence-electron chi connectivity index (χ4n) is 5.00. The van der Waals surface area contributed by atoms with Crippen LogP contribution >= 0.6 is 8.60 Å². The van der Waals surface area contributed by atoms with Crippen LogP contribution in [0.4, 0.5) is 0 Å². The van der Waals surface area contributed by atoms with Crippen LogP contribution in [0.15, 0.2) is 0 Å². The highest BCUT2D eigenvalue weighted by Gasteiger charge is 2.18. The van der Waals surface area contributed by atoms with Crippen LogP contribution in [0.1, 0.15) is 129 Å². The van der Waals surface area contributed by atoms with E-state index in [4.69, 9.17) is 13.8 Å². The molecule has 2 atom stereocenters. The molecule has 1 aliphatic rings. The third kappa shape index (κ3) is 21.9. The number of ketones is 1. The van der Waals surface area contributed by atoms with E-state index in [-0.39, 0.29) is 11.7 Å². The minimum Gasteiger partial charge on any atom is -0.381 e. The molecule has 7 heteroatoms. The van der Waals surface area contributed by atoms with Crippen LogP contribution in [-0.4, -0.2) is 56.7 Å². The van der Waals surface area contributed by atoms with Gasteiger partial charge in [0.2, 0.25) is 0 Å². The van der Waals surface area contributed by atoms with Crippen LogP contribution in [0.3, 0.4) is 0 Å². The average molecular weight is 533 g/mol. The van der Waals surface area contributed by atoms with Gasteiger partial charge >= 0.3 is 8.60 Å². The minimum atomic E-state index is -1.88. The molecular formula is C29H59NO5P+. The van der Waals surface area contributed by atoms with Crippen molar-refractivity contribution in [3.63, 3.8) is 0 Å². The van der Waals surface area contributed by atoms with Gasteiger partial charge in [-0.05, 0) is 13.3 Å². The van der Waals surface area contributed by atoms with Crippen molar-refractivity contribution in [1.29, 1.82) is 0 Å². The molecule has 0 radical (unpaired) electrons. The number of hydrogen-bond acceptors (Lipinski definition) is 5. The van der Waals surface area contributed by atoms with Crippen molar-refractivity contribution in [3.8, 4) is 0 Å². The number of ether oxygens (including phenoxy) is 1. The minimum absolute atomic E-state index is 0.0243. The summed E-state index contributed by atoms with van der Waals surface area (Å²) < 4.78 is 16.8. The van der Waals surface area contributed by atoms with Crippen molar-refractivity contribution in [1.82, 2.24) is 0 Å². The molecule has 0 spiro atoms. The molecule has 2 unspecified atom stereocenters. The predicted octanol–water partition coefficient (Wildman–Crippen LogP) is 6.40. The van der Waals surface area contributed by atoms with Crippen LogP contribution in [-0.2, 0) is 18.6 Å². The van der Waals surface area contributed by atoms with E-state index in [1.165, 1.54) is 116 Å². The molecule has 1 aliphatic heterocycles. The number of carbonyl (C=O) groups is 1. The summed E-state index contributed by atoms with van der Waals surface area (Å²) in [4.78, 5) is 23.2. The summed E-state index contributed by atoms with van der Waals surface area (Å²) >= 11 is 0. The largest absolute Gasteiger partial charge is 0.381 e. The fourth-order valence-corrected chi connectivity index (χ4v) is 5.66. The Hall–Kier alpha value is -0.100. The molecule has 0 aromatic heterocycles. The first-order valence-electron chi connectivity index (χ1n) is 15.3. The molecule has 1 fully saturated rings. The van der Waals surface area contributed by atoms with Gasteiger partial charge in [0, 0.05) is 31.8 Å². The van der Waals surface area contributed by atoms with Crippen LogP contribution < -0.4 is 4.90 Å². The smallest absolute Gasteiger partial charge is 0.330 e. The lowest BCUT2D eigenvalue weighted by Gasteiger charge is -2.18. The van der Waals surface area contributed by atoms with Crippen LogP contribution in [0.5, 0.6) is 0 Å². The zero-order valence-electron chi connectivity index (χ0n) is 23.8. The van der Waals surface area contributed by atoms with Gasteiger partial charge in [-0.2, -0.15) is 0 Å². The van der Waals surface area contributed by atoms with Crippen molar-refractivity contribution in [2.75, 3.05) is 46.1 Å². The number of carbonyl (C=O) groups excluding carboxylic acids is 1. The van der Waals surface area contributed by atoms with Crippen LogP contribution in [0, 0.1) is 5.92 Å². The molecule has 1 rings (SSSR count). The Morgan fingerprint density at radius 1 is 0.778 bits per heavy atom. The average Bonchev–Trinajstić information content (AvgIpc) is 3.37. The number of unbranched alkanes of at least 4 members (excludes halogenated alkanes) is 14. The summed E-state index contributed by atoms with van der Waals surface area (Å²) in [5.74, 6) is 0.101. The number of rotatable bonds is 27. The highest BCUT2D eigenvalue weighted by atomic mass is 31.2. The van der Waals surface area contributed by atoms with Gasteiger partial charge in [-0.1, -0.05) is 96.8 Å². The monoisotopic (exact) mass is 532 g/mol. The first-order chi connectivity index (χ1) is 17.6. The van der Waals surface area contributed by atoms with E-state index < -0.39 is 8.60 Å². The van der Waals surface area contributed by atoms with Crippen molar-refractivity contribution in [2.24, 2.45) is 5.92 Å². The Kier molecular flexibility index (Phi) is 23.7. The summed E-state index contributed by atoms with van der Waals surface area (Å²) in [6, 6.07) is 0. The molecule has 0 aliphatic carbocycles.